The van der Waals surface area contributed by atoms with E-state index in [0.717, 1.165) is 30.6 Å². The second-order valence-electron chi connectivity index (χ2n) is 5.17. The van der Waals surface area contributed by atoms with Gasteiger partial charge in [-0.1, -0.05) is 13.8 Å². The van der Waals surface area contributed by atoms with E-state index in [-0.39, 0.29) is 0 Å². The Morgan fingerprint density at radius 2 is 2.35 bits per heavy atom. The summed E-state index contributed by atoms with van der Waals surface area (Å²) >= 11 is 1.53. The van der Waals surface area contributed by atoms with Gasteiger partial charge in [0.15, 0.2) is 0 Å². The van der Waals surface area contributed by atoms with Crippen molar-refractivity contribution in [2.45, 2.75) is 39.7 Å². The topological polar surface area (TPSA) is 41.1 Å². The maximum atomic E-state index is 4.49. The second kappa shape index (κ2) is 5.78. The average Bonchev–Trinajstić information content (AvgIpc) is 2.86. The molecule has 1 unspecified atom stereocenters. The van der Waals surface area contributed by atoms with Crippen LogP contribution in [0.5, 0.6) is 0 Å². The number of hydrogen-bond acceptors (Lipinski definition) is 5. The van der Waals surface area contributed by atoms with Gasteiger partial charge in [-0.25, -0.2) is 4.98 Å². The van der Waals surface area contributed by atoms with E-state index in [1.165, 1.54) is 24.4 Å². The molecule has 1 aromatic heterocycles. The van der Waals surface area contributed by atoms with Crippen molar-refractivity contribution < 1.29 is 0 Å². The highest BCUT2D eigenvalue weighted by Crippen LogP contribution is 2.26. The highest BCUT2D eigenvalue weighted by molar-refractivity contribution is 7.09. The fourth-order valence-corrected chi connectivity index (χ4v) is 3.01. The maximum Gasteiger partial charge on any atom is 0.205 e. The lowest BCUT2D eigenvalue weighted by molar-refractivity contribution is 0.512. The Bertz CT molecular complexity index is 350. The Morgan fingerprint density at radius 3 is 3.00 bits per heavy atom. The highest BCUT2D eigenvalue weighted by Gasteiger charge is 2.26. The molecule has 1 aromatic rings. The third-order valence-electron chi connectivity index (χ3n) is 3.07. The second-order valence-corrected chi connectivity index (χ2v) is 5.90. The molecule has 1 N–H and O–H groups in total. The first kappa shape index (κ1) is 12.8. The predicted octanol–water partition coefficient (Wildman–Crippen LogP) is 2.06. The van der Waals surface area contributed by atoms with E-state index < -0.39 is 0 Å². The van der Waals surface area contributed by atoms with Crippen LogP contribution < -0.4 is 10.2 Å². The van der Waals surface area contributed by atoms with Crippen molar-refractivity contribution in [2.24, 2.45) is 5.92 Å². The van der Waals surface area contributed by atoms with Gasteiger partial charge in [0, 0.05) is 30.7 Å². The monoisotopic (exact) mass is 254 g/mol. The molecule has 5 heteroatoms. The molecular formula is C12H22N4S. The van der Waals surface area contributed by atoms with E-state index in [1.54, 1.807) is 0 Å². The van der Waals surface area contributed by atoms with Gasteiger partial charge in [0.25, 0.3) is 0 Å². The molecule has 0 aromatic carbocycles. The minimum absolute atomic E-state index is 0.598. The largest absolute Gasteiger partial charge is 0.343 e. The molecule has 1 atom stereocenters. The highest BCUT2D eigenvalue weighted by atomic mass is 32.1. The molecule has 1 aliphatic heterocycles. The zero-order valence-corrected chi connectivity index (χ0v) is 11.8. The summed E-state index contributed by atoms with van der Waals surface area (Å²) in [6.07, 6.45) is 2.54. The van der Waals surface area contributed by atoms with Gasteiger partial charge in [0.2, 0.25) is 5.13 Å². The summed E-state index contributed by atoms with van der Waals surface area (Å²) < 4.78 is 4.27. The van der Waals surface area contributed by atoms with Crippen molar-refractivity contribution in [3.63, 3.8) is 0 Å². The summed E-state index contributed by atoms with van der Waals surface area (Å²) in [5.74, 6) is 1.61. The van der Waals surface area contributed by atoms with Gasteiger partial charge in [0.05, 0.1) is 0 Å². The molecular weight excluding hydrogens is 232 g/mol. The third kappa shape index (κ3) is 3.39. The Morgan fingerprint density at radius 1 is 1.53 bits per heavy atom. The molecule has 1 fully saturated rings. The number of nitrogens with zero attached hydrogens (tertiary/aromatic N) is 3. The molecule has 2 rings (SSSR count). The van der Waals surface area contributed by atoms with Crippen molar-refractivity contribution in [1.29, 1.82) is 0 Å². The lowest BCUT2D eigenvalue weighted by atomic mass is 10.2. The molecule has 4 nitrogen and oxygen atoms in total. The third-order valence-corrected chi connectivity index (χ3v) is 3.92. The van der Waals surface area contributed by atoms with Crippen LogP contribution in [0.4, 0.5) is 5.13 Å². The molecule has 1 saturated heterocycles. The van der Waals surface area contributed by atoms with Gasteiger partial charge < -0.3 is 10.2 Å². The maximum absolute atomic E-state index is 4.49. The van der Waals surface area contributed by atoms with Crippen LogP contribution >= 0.6 is 11.5 Å². The average molecular weight is 254 g/mol. The van der Waals surface area contributed by atoms with Gasteiger partial charge in [0.1, 0.15) is 5.82 Å². The zero-order valence-electron chi connectivity index (χ0n) is 10.9. The summed E-state index contributed by atoms with van der Waals surface area (Å²) in [7, 11) is 0. The Hall–Kier alpha value is -0.680. The van der Waals surface area contributed by atoms with Gasteiger partial charge in [-0.05, 0) is 32.2 Å². The van der Waals surface area contributed by atoms with E-state index in [4.69, 9.17) is 0 Å². The van der Waals surface area contributed by atoms with Crippen molar-refractivity contribution in [3.8, 4) is 0 Å². The van der Waals surface area contributed by atoms with Crippen molar-refractivity contribution in [1.82, 2.24) is 14.7 Å². The number of aromatic nitrogens is 2. The van der Waals surface area contributed by atoms with Gasteiger partial charge in [-0.2, -0.15) is 4.37 Å². The number of aryl methyl sites for hydroxylation is 1. The smallest absolute Gasteiger partial charge is 0.205 e. The fraction of sp³-hybridized carbons (Fsp3) is 0.833. The molecule has 0 radical (unpaired) electrons. The fourth-order valence-electron chi connectivity index (χ4n) is 2.24. The molecule has 1 aliphatic rings. The van der Waals surface area contributed by atoms with E-state index in [9.17, 15) is 0 Å². The minimum atomic E-state index is 0.598. The zero-order chi connectivity index (χ0) is 12.3. The molecule has 2 heterocycles. The van der Waals surface area contributed by atoms with Crippen LogP contribution in [0.25, 0.3) is 0 Å². The van der Waals surface area contributed by atoms with E-state index in [1.807, 2.05) is 6.92 Å². The number of nitrogens with one attached hydrogen (secondary N) is 1. The van der Waals surface area contributed by atoms with Crippen LogP contribution in [-0.4, -0.2) is 35.0 Å². The lowest BCUT2D eigenvalue weighted by Gasteiger charge is -2.24. The van der Waals surface area contributed by atoms with Crippen molar-refractivity contribution in [3.05, 3.63) is 5.82 Å². The van der Waals surface area contributed by atoms with Crippen molar-refractivity contribution in [2.75, 3.05) is 24.5 Å². The van der Waals surface area contributed by atoms with Crippen LogP contribution in [0.2, 0.25) is 0 Å². The SMILES string of the molecule is Cc1nsc(N2CCCC2CNCC(C)C)n1. The van der Waals surface area contributed by atoms with Gasteiger partial charge >= 0.3 is 0 Å². The van der Waals surface area contributed by atoms with E-state index >= 15 is 0 Å². The summed E-state index contributed by atoms with van der Waals surface area (Å²) in [6.45, 7) is 9.74. The Labute approximate surface area is 108 Å². The van der Waals surface area contributed by atoms with Crippen LogP contribution in [0.3, 0.4) is 0 Å². The molecule has 0 saturated carbocycles. The van der Waals surface area contributed by atoms with E-state index in [0.29, 0.717) is 12.0 Å². The normalized spacial score (nSPS) is 20.5. The molecule has 0 bridgehead atoms. The van der Waals surface area contributed by atoms with Crippen LogP contribution in [-0.2, 0) is 0 Å². The van der Waals surface area contributed by atoms with Gasteiger partial charge in [-0.3, -0.25) is 0 Å². The van der Waals surface area contributed by atoms with E-state index in [2.05, 4.69) is 33.4 Å². The standard InChI is InChI=1S/C12H22N4S/c1-9(2)7-13-8-11-5-4-6-16(11)12-14-10(3)15-17-12/h9,11,13H,4-8H2,1-3H3. The molecule has 96 valence electrons. The number of rotatable bonds is 5. The first-order valence-corrected chi connectivity index (χ1v) is 7.22. The number of hydrogen-bond donors (Lipinski definition) is 1. The number of anilines is 1. The molecule has 17 heavy (non-hydrogen) atoms. The van der Waals surface area contributed by atoms with Crippen LogP contribution in [0.1, 0.15) is 32.5 Å². The van der Waals surface area contributed by atoms with Crippen LogP contribution in [0, 0.1) is 12.8 Å². The quantitative estimate of drug-likeness (QED) is 0.873. The molecule has 0 spiro atoms. The van der Waals surface area contributed by atoms with Crippen molar-refractivity contribution >= 4 is 16.7 Å². The minimum Gasteiger partial charge on any atom is -0.343 e. The lowest BCUT2D eigenvalue weighted by Crippen LogP contribution is -2.39. The summed E-state index contributed by atoms with van der Waals surface area (Å²) in [5, 5.41) is 4.64. The Balaban J connectivity index is 1.89. The first-order valence-electron chi connectivity index (χ1n) is 6.44. The summed E-state index contributed by atoms with van der Waals surface area (Å²) in [6, 6.07) is 0.598. The molecule has 0 amide bonds. The predicted molar refractivity (Wildman–Crippen MR) is 72.7 cm³/mol. The molecule has 0 aliphatic carbocycles. The van der Waals surface area contributed by atoms with Crippen LogP contribution in [0.15, 0.2) is 0 Å². The van der Waals surface area contributed by atoms with Gasteiger partial charge in [-0.15, -0.1) is 0 Å². The summed E-state index contributed by atoms with van der Waals surface area (Å²) in [5.41, 5.74) is 0. The summed E-state index contributed by atoms with van der Waals surface area (Å²) in [4.78, 5) is 6.91. The first-order chi connectivity index (χ1) is 8.16. The Kier molecular flexibility index (Phi) is 4.34.